The van der Waals surface area contributed by atoms with Gasteiger partial charge in [-0.2, -0.15) is 0 Å². The molecular weight excluding hydrogens is 218 g/mol. The molecule has 0 aliphatic carbocycles. The Morgan fingerprint density at radius 2 is 2.47 bits per heavy atom. The highest BCUT2D eigenvalue weighted by molar-refractivity contribution is 7.15. The minimum atomic E-state index is -0.930. The van der Waals surface area contributed by atoms with Gasteiger partial charge in [-0.25, -0.2) is 4.79 Å². The van der Waals surface area contributed by atoms with Crippen molar-refractivity contribution in [2.24, 2.45) is 0 Å². The fourth-order valence-corrected chi connectivity index (χ4v) is 2.11. The number of hydrogen-bond acceptors (Lipinski definition) is 6. The number of morpholine rings is 1. The zero-order chi connectivity index (χ0) is 10.8. The Morgan fingerprint density at radius 3 is 3.07 bits per heavy atom. The molecule has 1 aromatic heterocycles. The molecule has 2 heterocycles. The summed E-state index contributed by atoms with van der Waals surface area (Å²) in [7, 11) is 0. The number of ether oxygens (including phenoxy) is 1. The highest BCUT2D eigenvalue weighted by Gasteiger charge is 2.27. The second kappa shape index (κ2) is 4.11. The largest absolute Gasteiger partial charge is 0.479 e. The van der Waals surface area contributed by atoms with Crippen LogP contribution in [-0.2, 0) is 9.53 Å². The van der Waals surface area contributed by atoms with Crippen LogP contribution in [0.5, 0.6) is 0 Å². The summed E-state index contributed by atoms with van der Waals surface area (Å²) in [5.41, 5.74) is 0. The first-order valence-corrected chi connectivity index (χ1v) is 5.38. The third-order valence-corrected chi connectivity index (χ3v) is 3.03. The summed E-state index contributed by atoms with van der Waals surface area (Å²) in [5.74, 6) is -0.930. The van der Waals surface area contributed by atoms with Gasteiger partial charge in [0.2, 0.25) is 5.13 Å². The fourth-order valence-electron chi connectivity index (χ4n) is 1.39. The van der Waals surface area contributed by atoms with E-state index >= 15 is 0 Å². The van der Waals surface area contributed by atoms with Crippen molar-refractivity contribution in [1.82, 2.24) is 10.2 Å². The highest BCUT2D eigenvalue weighted by Crippen LogP contribution is 2.21. The molecule has 2 rings (SSSR count). The van der Waals surface area contributed by atoms with Gasteiger partial charge in [0.05, 0.1) is 13.2 Å². The molecule has 15 heavy (non-hydrogen) atoms. The smallest absolute Gasteiger partial charge is 0.334 e. The van der Waals surface area contributed by atoms with Gasteiger partial charge in [-0.1, -0.05) is 11.3 Å². The van der Waals surface area contributed by atoms with Gasteiger partial charge >= 0.3 is 5.97 Å². The van der Waals surface area contributed by atoms with Crippen molar-refractivity contribution in [3.8, 4) is 0 Å². The predicted octanol–water partition coefficient (Wildman–Crippen LogP) is 0.136. The minimum Gasteiger partial charge on any atom is -0.479 e. The van der Waals surface area contributed by atoms with Gasteiger partial charge < -0.3 is 14.7 Å². The number of carbonyl (C=O) groups is 1. The van der Waals surface area contributed by atoms with E-state index < -0.39 is 12.1 Å². The molecule has 0 radical (unpaired) electrons. The predicted molar refractivity (Wildman–Crippen MR) is 54.2 cm³/mol. The third-order valence-electron chi connectivity index (χ3n) is 2.13. The molecule has 0 aromatic carbocycles. The average molecular weight is 229 g/mol. The van der Waals surface area contributed by atoms with Crippen molar-refractivity contribution < 1.29 is 14.6 Å². The van der Waals surface area contributed by atoms with Crippen LogP contribution in [0.2, 0.25) is 0 Å². The second-order valence-electron chi connectivity index (χ2n) is 3.25. The fraction of sp³-hybridized carbons (Fsp3) is 0.625. The summed E-state index contributed by atoms with van der Waals surface area (Å²) >= 11 is 1.46. The lowest BCUT2D eigenvalue weighted by Gasteiger charge is -2.29. The van der Waals surface area contributed by atoms with Gasteiger partial charge in [-0.3, -0.25) is 0 Å². The average Bonchev–Trinajstić information content (AvgIpc) is 2.65. The SMILES string of the molecule is Cc1nnc(N2CCOC(C(=O)O)C2)s1. The lowest BCUT2D eigenvalue weighted by Crippen LogP contribution is -2.46. The van der Waals surface area contributed by atoms with Crippen molar-refractivity contribution in [3.05, 3.63) is 5.01 Å². The van der Waals surface area contributed by atoms with Crippen LogP contribution >= 0.6 is 11.3 Å². The van der Waals surface area contributed by atoms with Crippen LogP contribution in [0.1, 0.15) is 5.01 Å². The topological polar surface area (TPSA) is 75.5 Å². The van der Waals surface area contributed by atoms with Crippen LogP contribution in [-0.4, -0.2) is 47.1 Å². The van der Waals surface area contributed by atoms with Crippen LogP contribution in [0.4, 0.5) is 5.13 Å². The Hall–Kier alpha value is -1.21. The van der Waals surface area contributed by atoms with Gasteiger partial charge in [-0.15, -0.1) is 10.2 Å². The molecule has 82 valence electrons. The molecule has 1 N–H and O–H groups in total. The van der Waals surface area contributed by atoms with Crippen molar-refractivity contribution in [1.29, 1.82) is 0 Å². The summed E-state index contributed by atoms with van der Waals surface area (Å²) in [5, 5.41) is 18.3. The summed E-state index contributed by atoms with van der Waals surface area (Å²) in [6, 6.07) is 0. The van der Waals surface area contributed by atoms with E-state index in [1.165, 1.54) is 11.3 Å². The summed E-state index contributed by atoms with van der Waals surface area (Å²) in [4.78, 5) is 12.6. The van der Waals surface area contributed by atoms with Crippen molar-refractivity contribution in [3.63, 3.8) is 0 Å². The van der Waals surface area contributed by atoms with E-state index in [1.807, 2.05) is 11.8 Å². The Labute approximate surface area is 90.5 Å². The van der Waals surface area contributed by atoms with Crippen molar-refractivity contribution in [2.75, 3.05) is 24.6 Å². The number of aryl methyl sites for hydroxylation is 1. The maximum absolute atomic E-state index is 10.8. The quantitative estimate of drug-likeness (QED) is 0.777. The number of carboxylic acids is 1. The molecule has 0 amide bonds. The molecule has 0 saturated carbocycles. The number of aromatic nitrogens is 2. The van der Waals surface area contributed by atoms with Gasteiger partial charge in [-0.05, 0) is 6.92 Å². The number of carboxylic acid groups (broad SMARTS) is 1. The van der Waals surface area contributed by atoms with Crippen LogP contribution in [0, 0.1) is 6.92 Å². The third kappa shape index (κ3) is 2.24. The molecule has 0 bridgehead atoms. The molecule has 1 aliphatic heterocycles. The standard InChI is InChI=1S/C8H11N3O3S/c1-5-9-10-8(15-5)11-2-3-14-6(4-11)7(12)13/h6H,2-4H2,1H3,(H,12,13). The van der Waals surface area contributed by atoms with E-state index in [2.05, 4.69) is 10.2 Å². The lowest BCUT2D eigenvalue weighted by atomic mass is 10.3. The van der Waals surface area contributed by atoms with Crippen LogP contribution in [0.25, 0.3) is 0 Å². The van der Waals surface area contributed by atoms with E-state index in [1.54, 1.807) is 0 Å². The first-order chi connectivity index (χ1) is 7.16. The maximum Gasteiger partial charge on any atom is 0.334 e. The highest BCUT2D eigenvalue weighted by atomic mass is 32.1. The molecule has 1 unspecified atom stereocenters. The summed E-state index contributed by atoms with van der Waals surface area (Å²) in [6.07, 6.45) is -0.761. The minimum absolute atomic E-state index is 0.337. The number of hydrogen-bond donors (Lipinski definition) is 1. The molecule has 1 fully saturated rings. The molecule has 1 saturated heterocycles. The van der Waals surface area contributed by atoms with Crippen molar-refractivity contribution >= 4 is 22.4 Å². The van der Waals surface area contributed by atoms with Gasteiger partial charge in [0.25, 0.3) is 0 Å². The Balaban J connectivity index is 2.07. The molecule has 0 spiro atoms. The number of anilines is 1. The normalized spacial score (nSPS) is 21.7. The maximum atomic E-state index is 10.8. The second-order valence-corrected chi connectivity index (χ2v) is 4.41. The molecule has 6 nitrogen and oxygen atoms in total. The van der Waals surface area contributed by atoms with Gasteiger partial charge in [0, 0.05) is 6.54 Å². The Kier molecular flexibility index (Phi) is 2.83. The first-order valence-electron chi connectivity index (χ1n) is 4.56. The first kappa shape index (κ1) is 10.3. The zero-order valence-corrected chi connectivity index (χ0v) is 9.03. The number of rotatable bonds is 2. The van der Waals surface area contributed by atoms with Crippen LogP contribution < -0.4 is 4.90 Å². The monoisotopic (exact) mass is 229 g/mol. The molecule has 1 aliphatic rings. The number of nitrogens with zero attached hydrogens (tertiary/aromatic N) is 3. The van der Waals surface area contributed by atoms with E-state index in [-0.39, 0.29) is 0 Å². The molecule has 1 atom stereocenters. The van der Waals surface area contributed by atoms with Crippen molar-refractivity contribution in [2.45, 2.75) is 13.0 Å². The molecular formula is C8H11N3O3S. The lowest BCUT2D eigenvalue weighted by molar-refractivity contribution is -0.150. The van der Waals surface area contributed by atoms with E-state index in [0.717, 1.165) is 10.1 Å². The van der Waals surface area contributed by atoms with Crippen LogP contribution in [0.3, 0.4) is 0 Å². The zero-order valence-electron chi connectivity index (χ0n) is 8.21. The van der Waals surface area contributed by atoms with Gasteiger partial charge in [0.1, 0.15) is 5.01 Å². The van der Waals surface area contributed by atoms with E-state index in [4.69, 9.17) is 9.84 Å². The Morgan fingerprint density at radius 1 is 1.67 bits per heavy atom. The Bertz CT molecular complexity index is 368. The van der Waals surface area contributed by atoms with E-state index in [9.17, 15) is 4.79 Å². The molecule has 7 heteroatoms. The summed E-state index contributed by atoms with van der Waals surface area (Å²) < 4.78 is 5.11. The van der Waals surface area contributed by atoms with Crippen LogP contribution in [0.15, 0.2) is 0 Å². The van der Waals surface area contributed by atoms with Gasteiger partial charge in [0.15, 0.2) is 6.10 Å². The summed E-state index contributed by atoms with van der Waals surface area (Å²) in [6.45, 7) is 3.29. The molecule has 1 aromatic rings. The number of aliphatic carboxylic acids is 1. The van der Waals surface area contributed by atoms with E-state index in [0.29, 0.717) is 19.7 Å².